The van der Waals surface area contributed by atoms with Gasteiger partial charge in [-0.25, -0.2) is 9.82 Å². The summed E-state index contributed by atoms with van der Waals surface area (Å²) in [5, 5.41) is 13.7. The van der Waals surface area contributed by atoms with Gasteiger partial charge in [-0.05, 0) is 81.6 Å². The zero-order chi connectivity index (χ0) is 15.4. The number of carbonyl (C=O) groups is 1. The molecule has 108 valence electrons. The van der Waals surface area contributed by atoms with Crippen LogP contribution in [0.5, 0.6) is 5.75 Å². The topological polar surface area (TPSA) is 61.7 Å². The summed E-state index contributed by atoms with van der Waals surface area (Å²) in [6.45, 7) is 0. The molecular weight excluding hydrogens is 501 g/mol. The third-order valence-corrected chi connectivity index (χ3v) is 3.98. The fraction of sp³-hybridized carbons (Fsp3) is 0. The van der Waals surface area contributed by atoms with Crippen LogP contribution in [-0.2, 0) is 0 Å². The summed E-state index contributed by atoms with van der Waals surface area (Å²) in [5.41, 5.74) is 3.13. The molecule has 1 amide bonds. The zero-order valence-electron chi connectivity index (χ0n) is 10.5. The van der Waals surface area contributed by atoms with Crippen LogP contribution in [0.25, 0.3) is 0 Å². The molecule has 2 aromatic carbocycles. The maximum atomic E-state index is 12.8. The van der Waals surface area contributed by atoms with Crippen LogP contribution < -0.4 is 5.43 Å². The maximum Gasteiger partial charge on any atom is 0.271 e. The summed E-state index contributed by atoms with van der Waals surface area (Å²) in [6, 6.07) is 8.70. The second kappa shape index (κ2) is 7.16. The Labute approximate surface area is 147 Å². The molecule has 0 atom stereocenters. The molecule has 2 N–H and O–H groups in total. The molecule has 2 aromatic rings. The van der Waals surface area contributed by atoms with Gasteiger partial charge in [0.2, 0.25) is 0 Å². The first-order valence-electron chi connectivity index (χ1n) is 5.74. The fourth-order valence-electron chi connectivity index (χ4n) is 1.51. The van der Waals surface area contributed by atoms with Gasteiger partial charge in [0.15, 0.2) is 0 Å². The van der Waals surface area contributed by atoms with Crippen molar-refractivity contribution in [3.8, 4) is 5.75 Å². The summed E-state index contributed by atoms with van der Waals surface area (Å²) in [5.74, 6) is -0.754. The Bertz CT molecular complexity index is 703. The van der Waals surface area contributed by atoms with Gasteiger partial charge in [-0.2, -0.15) is 5.10 Å². The van der Waals surface area contributed by atoms with Crippen LogP contribution in [0.15, 0.2) is 41.5 Å². The molecule has 0 unspecified atom stereocenters. The lowest BCUT2D eigenvalue weighted by atomic mass is 10.2. The van der Waals surface area contributed by atoms with Crippen molar-refractivity contribution in [2.75, 3.05) is 0 Å². The number of phenolic OH excluding ortho intramolecular Hbond substituents is 1. The Morgan fingerprint density at radius 1 is 1.24 bits per heavy atom. The molecule has 0 fully saturated rings. The first kappa shape index (κ1) is 16.1. The standard InChI is InChI=1S/C14H9FI2N2O2/c15-10-3-1-8(2-4-10)14(21)19-18-7-9-5-11(16)6-12(17)13(9)20/h1-7,20H,(H,19,21). The van der Waals surface area contributed by atoms with E-state index in [2.05, 4.69) is 33.1 Å². The smallest absolute Gasteiger partial charge is 0.271 e. The fourth-order valence-corrected chi connectivity index (χ4v) is 3.40. The Balaban J connectivity index is 2.09. The molecule has 4 nitrogen and oxygen atoms in total. The van der Waals surface area contributed by atoms with Crippen LogP contribution in [0, 0.1) is 13.0 Å². The SMILES string of the molecule is O=C(NN=Cc1cc(I)cc(I)c1O)c1ccc(F)cc1. The Morgan fingerprint density at radius 3 is 2.57 bits per heavy atom. The molecule has 0 aromatic heterocycles. The first-order chi connectivity index (χ1) is 9.97. The van der Waals surface area contributed by atoms with E-state index >= 15 is 0 Å². The van der Waals surface area contributed by atoms with E-state index in [0.29, 0.717) is 14.7 Å². The van der Waals surface area contributed by atoms with Crippen LogP contribution in [0.4, 0.5) is 4.39 Å². The van der Waals surface area contributed by atoms with Crippen molar-refractivity contribution in [2.24, 2.45) is 5.10 Å². The quantitative estimate of drug-likeness (QED) is 0.378. The van der Waals surface area contributed by atoms with Gasteiger partial charge in [0.1, 0.15) is 11.6 Å². The van der Waals surface area contributed by atoms with Gasteiger partial charge in [0, 0.05) is 14.7 Å². The summed E-state index contributed by atoms with van der Waals surface area (Å²) in [4.78, 5) is 11.8. The lowest BCUT2D eigenvalue weighted by molar-refractivity contribution is 0.0955. The average Bonchev–Trinajstić information content (AvgIpc) is 2.44. The molecule has 21 heavy (non-hydrogen) atoms. The number of hydrogen-bond donors (Lipinski definition) is 2. The van der Waals surface area contributed by atoms with E-state index in [4.69, 9.17) is 0 Å². The number of aromatic hydroxyl groups is 1. The minimum Gasteiger partial charge on any atom is -0.506 e. The van der Waals surface area contributed by atoms with E-state index < -0.39 is 11.7 Å². The summed E-state index contributed by atoms with van der Waals surface area (Å²) >= 11 is 4.14. The number of nitrogens with one attached hydrogen (secondary N) is 1. The molecule has 0 saturated heterocycles. The van der Waals surface area contributed by atoms with E-state index in [9.17, 15) is 14.3 Å². The Morgan fingerprint density at radius 2 is 1.90 bits per heavy atom. The van der Waals surface area contributed by atoms with Gasteiger partial charge in [0.25, 0.3) is 5.91 Å². The highest BCUT2D eigenvalue weighted by Gasteiger charge is 2.06. The number of rotatable bonds is 3. The second-order valence-electron chi connectivity index (χ2n) is 4.03. The van der Waals surface area contributed by atoms with Gasteiger partial charge in [-0.15, -0.1) is 0 Å². The van der Waals surface area contributed by atoms with E-state index in [-0.39, 0.29) is 5.75 Å². The third kappa shape index (κ3) is 4.37. The van der Waals surface area contributed by atoms with Gasteiger partial charge in [-0.1, -0.05) is 0 Å². The lowest BCUT2D eigenvalue weighted by Gasteiger charge is -2.03. The zero-order valence-corrected chi connectivity index (χ0v) is 14.8. The van der Waals surface area contributed by atoms with E-state index in [1.807, 2.05) is 28.7 Å². The third-order valence-electron chi connectivity index (χ3n) is 2.53. The van der Waals surface area contributed by atoms with Crippen molar-refractivity contribution in [3.05, 3.63) is 60.5 Å². The van der Waals surface area contributed by atoms with Gasteiger partial charge in [0.05, 0.1) is 9.78 Å². The Hall–Kier alpha value is -1.23. The summed E-state index contributed by atoms with van der Waals surface area (Å²) in [7, 11) is 0. The van der Waals surface area contributed by atoms with E-state index in [0.717, 1.165) is 3.57 Å². The lowest BCUT2D eigenvalue weighted by Crippen LogP contribution is -2.17. The minimum atomic E-state index is -0.453. The molecule has 2 rings (SSSR count). The van der Waals surface area contributed by atoms with Crippen molar-refractivity contribution in [2.45, 2.75) is 0 Å². The highest BCUT2D eigenvalue weighted by Crippen LogP contribution is 2.25. The predicted molar refractivity (Wildman–Crippen MR) is 95.0 cm³/mol. The summed E-state index contributed by atoms with van der Waals surface area (Å²) < 4.78 is 14.4. The average molecular weight is 510 g/mol. The highest BCUT2D eigenvalue weighted by atomic mass is 127. The number of halogens is 3. The maximum absolute atomic E-state index is 12.8. The summed E-state index contributed by atoms with van der Waals surface area (Å²) in [6.07, 6.45) is 1.36. The minimum absolute atomic E-state index is 0.107. The van der Waals surface area contributed by atoms with Crippen LogP contribution in [0.3, 0.4) is 0 Å². The van der Waals surface area contributed by atoms with Gasteiger partial charge in [-0.3, -0.25) is 4.79 Å². The molecule has 0 saturated carbocycles. The van der Waals surface area contributed by atoms with E-state index in [1.54, 1.807) is 6.07 Å². The normalized spacial score (nSPS) is 10.8. The van der Waals surface area contributed by atoms with Crippen molar-refractivity contribution in [1.29, 1.82) is 0 Å². The molecule has 0 radical (unpaired) electrons. The molecule has 0 spiro atoms. The van der Waals surface area contributed by atoms with Crippen molar-refractivity contribution in [3.63, 3.8) is 0 Å². The van der Waals surface area contributed by atoms with E-state index in [1.165, 1.54) is 30.5 Å². The monoisotopic (exact) mass is 510 g/mol. The molecule has 0 aliphatic heterocycles. The molecular formula is C14H9FI2N2O2. The molecule has 0 bridgehead atoms. The van der Waals surface area contributed by atoms with Gasteiger partial charge < -0.3 is 5.11 Å². The molecule has 0 heterocycles. The number of phenols is 1. The molecule has 7 heteroatoms. The number of carbonyl (C=O) groups excluding carboxylic acids is 1. The Kier molecular flexibility index (Phi) is 5.51. The largest absolute Gasteiger partial charge is 0.506 e. The first-order valence-corrected chi connectivity index (χ1v) is 7.90. The number of amides is 1. The van der Waals surface area contributed by atoms with Crippen LogP contribution in [0.1, 0.15) is 15.9 Å². The highest BCUT2D eigenvalue weighted by molar-refractivity contribution is 14.1. The number of hydrazone groups is 1. The van der Waals surface area contributed by atoms with Crippen molar-refractivity contribution in [1.82, 2.24) is 5.43 Å². The molecule has 0 aliphatic rings. The number of nitrogens with zero attached hydrogens (tertiary/aromatic N) is 1. The van der Waals surface area contributed by atoms with Crippen molar-refractivity contribution < 1.29 is 14.3 Å². The molecule has 0 aliphatic carbocycles. The predicted octanol–water partition coefficient (Wildman–Crippen LogP) is 3.50. The van der Waals surface area contributed by atoms with Crippen molar-refractivity contribution >= 4 is 57.3 Å². The van der Waals surface area contributed by atoms with Gasteiger partial charge >= 0.3 is 0 Å². The van der Waals surface area contributed by atoms with Crippen LogP contribution in [-0.4, -0.2) is 17.2 Å². The number of benzene rings is 2. The van der Waals surface area contributed by atoms with Crippen LogP contribution >= 0.6 is 45.2 Å². The number of hydrogen-bond acceptors (Lipinski definition) is 3. The van der Waals surface area contributed by atoms with Crippen LogP contribution in [0.2, 0.25) is 0 Å². The second-order valence-corrected chi connectivity index (χ2v) is 6.44.